The molecular formula is C14H17ClN4O. The normalized spacial score (nSPS) is 16.4. The van der Waals surface area contributed by atoms with Crippen molar-refractivity contribution in [2.24, 2.45) is 0 Å². The van der Waals surface area contributed by atoms with Crippen LogP contribution in [0.3, 0.4) is 0 Å². The van der Waals surface area contributed by atoms with Crippen LogP contribution in [0.25, 0.3) is 11.2 Å². The van der Waals surface area contributed by atoms with Gasteiger partial charge >= 0.3 is 0 Å². The number of aryl methyl sites for hydroxylation is 1. The molecule has 1 saturated carbocycles. The van der Waals surface area contributed by atoms with E-state index in [1.54, 1.807) is 6.20 Å². The van der Waals surface area contributed by atoms with Crippen LogP contribution in [-0.2, 0) is 11.3 Å². The van der Waals surface area contributed by atoms with Gasteiger partial charge in [-0.1, -0.05) is 0 Å². The summed E-state index contributed by atoms with van der Waals surface area (Å²) >= 11 is 6.18. The lowest BCUT2D eigenvalue weighted by Crippen LogP contribution is -2.30. The summed E-state index contributed by atoms with van der Waals surface area (Å²) in [5, 5.41) is 2.71. The van der Waals surface area contributed by atoms with Crippen LogP contribution in [0.15, 0.2) is 12.3 Å². The van der Waals surface area contributed by atoms with Gasteiger partial charge in [-0.15, -0.1) is 11.6 Å². The van der Waals surface area contributed by atoms with Crippen molar-refractivity contribution >= 4 is 28.7 Å². The van der Waals surface area contributed by atoms with Crippen LogP contribution >= 0.6 is 11.6 Å². The first-order valence-electron chi connectivity index (χ1n) is 6.81. The molecule has 106 valence electrons. The van der Waals surface area contributed by atoms with Gasteiger partial charge in [0, 0.05) is 12.2 Å². The summed E-state index contributed by atoms with van der Waals surface area (Å²) in [5.41, 5.74) is 2.54. The SMILES string of the molecule is Cc1cnc2c(c1)nc(C(C)Cl)n2CC(=O)NC1CC1. The molecule has 0 aliphatic heterocycles. The van der Waals surface area contributed by atoms with Crippen molar-refractivity contribution in [3.05, 3.63) is 23.7 Å². The number of hydrogen-bond donors (Lipinski definition) is 1. The molecule has 20 heavy (non-hydrogen) atoms. The Bertz CT molecular complexity index is 660. The third kappa shape index (κ3) is 2.63. The minimum atomic E-state index is -0.266. The number of aromatic nitrogens is 3. The molecule has 1 aliphatic carbocycles. The highest BCUT2D eigenvalue weighted by molar-refractivity contribution is 6.20. The van der Waals surface area contributed by atoms with Gasteiger partial charge in [0.25, 0.3) is 0 Å². The Morgan fingerprint density at radius 2 is 2.35 bits per heavy atom. The van der Waals surface area contributed by atoms with Crippen LogP contribution < -0.4 is 5.32 Å². The van der Waals surface area contributed by atoms with E-state index >= 15 is 0 Å². The first-order chi connectivity index (χ1) is 9.54. The second-order valence-corrected chi connectivity index (χ2v) is 6.02. The number of nitrogens with zero attached hydrogens (tertiary/aromatic N) is 3. The molecule has 1 aliphatic rings. The fraction of sp³-hybridized carbons (Fsp3) is 0.500. The molecule has 0 bridgehead atoms. The zero-order valence-electron chi connectivity index (χ0n) is 11.6. The lowest BCUT2D eigenvalue weighted by Gasteiger charge is -2.10. The minimum absolute atomic E-state index is 0.00672. The summed E-state index contributed by atoms with van der Waals surface area (Å²) < 4.78 is 1.81. The second-order valence-electron chi connectivity index (χ2n) is 5.37. The zero-order valence-corrected chi connectivity index (χ0v) is 12.3. The van der Waals surface area contributed by atoms with E-state index in [0.29, 0.717) is 17.5 Å². The van der Waals surface area contributed by atoms with Gasteiger partial charge in [-0.25, -0.2) is 9.97 Å². The molecule has 3 rings (SSSR count). The smallest absolute Gasteiger partial charge is 0.240 e. The van der Waals surface area contributed by atoms with Gasteiger partial charge < -0.3 is 9.88 Å². The van der Waals surface area contributed by atoms with Gasteiger partial charge in [0.05, 0.1) is 5.38 Å². The van der Waals surface area contributed by atoms with Crippen LogP contribution in [0.4, 0.5) is 0 Å². The largest absolute Gasteiger partial charge is 0.352 e. The highest BCUT2D eigenvalue weighted by Gasteiger charge is 2.24. The van der Waals surface area contributed by atoms with E-state index in [0.717, 1.165) is 23.9 Å². The highest BCUT2D eigenvalue weighted by Crippen LogP contribution is 2.24. The summed E-state index contributed by atoms with van der Waals surface area (Å²) in [7, 11) is 0. The number of nitrogens with one attached hydrogen (secondary N) is 1. The minimum Gasteiger partial charge on any atom is -0.352 e. The molecule has 1 unspecified atom stereocenters. The van der Waals surface area contributed by atoms with Crippen molar-refractivity contribution in [2.45, 2.75) is 44.7 Å². The maximum atomic E-state index is 12.0. The van der Waals surface area contributed by atoms with Gasteiger partial charge in [0.2, 0.25) is 5.91 Å². The summed E-state index contributed by atoms with van der Waals surface area (Å²) in [6.45, 7) is 4.04. The number of carbonyl (C=O) groups is 1. The van der Waals surface area contributed by atoms with Gasteiger partial charge in [-0.05, 0) is 38.3 Å². The summed E-state index contributed by atoms with van der Waals surface area (Å²) in [6, 6.07) is 2.31. The van der Waals surface area contributed by atoms with E-state index in [1.165, 1.54) is 0 Å². The van der Waals surface area contributed by atoms with Gasteiger partial charge in [0.1, 0.15) is 17.9 Å². The number of carbonyl (C=O) groups excluding carboxylic acids is 1. The van der Waals surface area contributed by atoms with Crippen molar-refractivity contribution in [1.29, 1.82) is 0 Å². The summed E-state index contributed by atoms with van der Waals surface area (Å²) in [4.78, 5) is 20.9. The first-order valence-corrected chi connectivity index (χ1v) is 7.24. The number of halogens is 1. The van der Waals surface area contributed by atoms with Crippen LogP contribution in [0, 0.1) is 6.92 Å². The van der Waals surface area contributed by atoms with Crippen molar-refractivity contribution in [3.63, 3.8) is 0 Å². The van der Waals surface area contributed by atoms with Crippen molar-refractivity contribution in [1.82, 2.24) is 19.9 Å². The fourth-order valence-corrected chi connectivity index (χ4v) is 2.40. The Hall–Kier alpha value is -1.62. The predicted molar refractivity (Wildman–Crippen MR) is 77.7 cm³/mol. The van der Waals surface area contributed by atoms with Crippen molar-refractivity contribution < 1.29 is 4.79 Å². The standard InChI is InChI=1S/C14H17ClN4O/c1-8-5-11-14(16-6-8)19(13(18-11)9(2)15)7-12(20)17-10-3-4-10/h5-6,9-10H,3-4,7H2,1-2H3,(H,17,20). The molecule has 0 spiro atoms. The van der Waals surface area contributed by atoms with Crippen LogP contribution in [0.1, 0.15) is 36.5 Å². The molecule has 1 atom stereocenters. The fourth-order valence-electron chi connectivity index (χ4n) is 2.23. The van der Waals surface area contributed by atoms with Gasteiger partial charge in [-0.2, -0.15) is 0 Å². The Balaban J connectivity index is 1.97. The lowest BCUT2D eigenvalue weighted by atomic mass is 10.3. The Labute approximate surface area is 122 Å². The Morgan fingerprint density at radius 1 is 1.60 bits per heavy atom. The average Bonchev–Trinajstić information content (AvgIpc) is 3.11. The summed E-state index contributed by atoms with van der Waals surface area (Å²) in [6.07, 6.45) is 3.93. The highest BCUT2D eigenvalue weighted by atomic mass is 35.5. The van der Waals surface area contributed by atoms with E-state index in [2.05, 4.69) is 15.3 Å². The van der Waals surface area contributed by atoms with E-state index in [9.17, 15) is 4.79 Å². The molecule has 1 amide bonds. The number of hydrogen-bond acceptors (Lipinski definition) is 3. The molecule has 5 nitrogen and oxygen atoms in total. The molecule has 0 saturated heterocycles. The molecule has 2 heterocycles. The molecule has 1 fully saturated rings. The van der Waals surface area contributed by atoms with Crippen molar-refractivity contribution in [3.8, 4) is 0 Å². The van der Waals surface area contributed by atoms with E-state index in [4.69, 9.17) is 11.6 Å². The number of pyridine rings is 1. The number of alkyl halides is 1. The van der Waals surface area contributed by atoms with Crippen LogP contribution in [-0.4, -0.2) is 26.5 Å². The maximum absolute atomic E-state index is 12.0. The van der Waals surface area contributed by atoms with Crippen molar-refractivity contribution in [2.75, 3.05) is 0 Å². The van der Waals surface area contributed by atoms with E-state index in [1.807, 2.05) is 24.5 Å². The Kier molecular flexibility index (Phi) is 3.38. The molecule has 1 N–H and O–H groups in total. The van der Waals surface area contributed by atoms with Crippen LogP contribution in [0.2, 0.25) is 0 Å². The quantitative estimate of drug-likeness (QED) is 0.880. The van der Waals surface area contributed by atoms with E-state index < -0.39 is 0 Å². The maximum Gasteiger partial charge on any atom is 0.240 e. The number of imidazole rings is 1. The number of fused-ring (bicyclic) bond motifs is 1. The number of amides is 1. The predicted octanol–water partition coefficient (Wildman–Crippen LogP) is 2.32. The average molecular weight is 293 g/mol. The molecule has 6 heteroatoms. The zero-order chi connectivity index (χ0) is 14.3. The third-order valence-electron chi connectivity index (χ3n) is 3.35. The van der Waals surface area contributed by atoms with Crippen LogP contribution in [0.5, 0.6) is 0 Å². The monoisotopic (exact) mass is 292 g/mol. The summed E-state index contributed by atoms with van der Waals surface area (Å²) in [5.74, 6) is 0.679. The topological polar surface area (TPSA) is 59.8 Å². The van der Waals surface area contributed by atoms with E-state index in [-0.39, 0.29) is 17.8 Å². The molecule has 2 aromatic heterocycles. The molecule has 0 aromatic carbocycles. The second kappa shape index (κ2) is 5.05. The molecular weight excluding hydrogens is 276 g/mol. The lowest BCUT2D eigenvalue weighted by molar-refractivity contribution is -0.121. The molecule has 0 radical (unpaired) electrons. The van der Waals surface area contributed by atoms with Gasteiger partial charge in [0.15, 0.2) is 5.65 Å². The number of rotatable bonds is 4. The third-order valence-corrected chi connectivity index (χ3v) is 3.55. The Morgan fingerprint density at radius 3 is 3.00 bits per heavy atom. The molecule has 2 aromatic rings. The van der Waals surface area contributed by atoms with Gasteiger partial charge in [-0.3, -0.25) is 4.79 Å². The first kappa shape index (κ1) is 13.4.